The van der Waals surface area contributed by atoms with Gasteiger partial charge in [0.2, 0.25) is 0 Å². The van der Waals surface area contributed by atoms with E-state index in [9.17, 15) is 0 Å². The molecule has 15 aromatic carbocycles. The molecule has 24 rings (SSSR count). The Morgan fingerprint density at radius 1 is 0.133 bits per heavy atom. The van der Waals surface area contributed by atoms with Crippen LogP contribution in [0.5, 0.6) is 0 Å². The zero-order valence-electron chi connectivity index (χ0n) is 64.9. The normalized spacial score (nSPS) is 11.5. The third-order valence-electron chi connectivity index (χ3n) is 23.0. The number of aromatic nitrogens is 9. The standard InChI is InChI=1S/3C37H23N3/c1-3-11-31-24(7-1)19-25-8-2-4-12-32(25)37(31)30-22-35(28-13-15-33-26(20-28)9-5-17-38-33)40-36(23-30)29-14-16-34-27(21-29)10-6-18-39-34;1-2-7-25-21-33-26(18-24(25)6-1)8-3-11-32(33)31-22-36(29-12-14-34-27(19-29)9-4-16-38-34)40-37(23-31)30-13-15-35-28(20-30)10-5-17-39-35;1-2-6-25-18-32-19-27(10-9-26(32)17-24(25)5-1)33-22-36(30-11-13-34-28(20-30)7-3-15-38-34)40-37(23-33)31-12-14-35-29(21-31)8-4-16-39-35/h3*1-23H. The summed E-state index contributed by atoms with van der Waals surface area (Å²) in [6.45, 7) is 0. The summed E-state index contributed by atoms with van der Waals surface area (Å²) in [5, 5.41) is 21.4. The first-order chi connectivity index (χ1) is 59.3. The Morgan fingerprint density at radius 2 is 0.392 bits per heavy atom. The molecule has 0 fully saturated rings. The molecule has 0 unspecified atom stereocenters. The summed E-state index contributed by atoms with van der Waals surface area (Å²) in [4.78, 5) is 42.7. The number of fused-ring (bicyclic) bond motifs is 12. The lowest BCUT2D eigenvalue weighted by Gasteiger charge is -2.15. The molecule has 0 amide bonds. The molecule has 120 heavy (non-hydrogen) atoms. The Kier molecular flexibility index (Phi) is 17.7. The molecule has 24 aromatic rings. The SMILES string of the molecule is c1ccc2cc3c(-c4cc(-c5ccc6ncccc6c5)nc(-c5ccc6ncccc6c5)c4)cccc3cc2c1.c1ccc2cc3cc(-c4cc(-c5ccc6ncccc6c5)nc(-c5ccc6ncccc6c5)c4)ccc3cc2c1.c1cnc2ccc(-c3cc(-c4c5ccccc5cc5ccccc45)cc(-c4ccc5ncccc5c4)n3)cc2c1. The van der Waals surface area contributed by atoms with Crippen LogP contribution in [-0.4, -0.2) is 44.9 Å². The average Bonchev–Trinajstić information content (AvgIpc) is 0.746. The summed E-state index contributed by atoms with van der Waals surface area (Å²) < 4.78 is 0. The largest absolute Gasteiger partial charge is 0.256 e. The highest BCUT2D eigenvalue weighted by molar-refractivity contribution is 6.14. The van der Waals surface area contributed by atoms with E-state index < -0.39 is 0 Å². The van der Waals surface area contributed by atoms with Gasteiger partial charge in [-0.25, -0.2) is 15.0 Å². The molecule has 0 N–H and O–H groups in total. The van der Waals surface area contributed by atoms with Crippen molar-refractivity contribution >= 4 is 130 Å². The van der Waals surface area contributed by atoms with Crippen LogP contribution in [0.4, 0.5) is 0 Å². The number of rotatable bonds is 9. The molecule has 9 aromatic heterocycles. The predicted octanol–water partition coefficient (Wildman–Crippen LogP) is 28.5. The first-order valence-electron chi connectivity index (χ1n) is 40.3. The number of nitrogens with zero attached hydrogens (tertiary/aromatic N) is 9. The minimum atomic E-state index is 0.932. The van der Waals surface area contributed by atoms with Crippen molar-refractivity contribution in [1.29, 1.82) is 0 Å². The summed E-state index contributed by atoms with van der Waals surface area (Å²) in [6.07, 6.45) is 11.0. The first kappa shape index (κ1) is 70.4. The summed E-state index contributed by atoms with van der Waals surface area (Å²) in [5.74, 6) is 0. The quantitative estimate of drug-likeness (QED) is 0.130. The maximum atomic E-state index is 5.23. The van der Waals surface area contributed by atoms with E-state index in [1.165, 1.54) is 75.8 Å². The van der Waals surface area contributed by atoms with Gasteiger partial charge in [-0.15, -0.1) is 0 Å². The fourth-order valence-electron chi connectivity index (χ4n) is 17.0. The summed E-state index contributed by atoms with van der Waals surface area (Å²) in [7, 11) is 0. The Balaban J connectivity index is 0.000000108. The van der Waals surface area contributed by atoms with Crippen LogP contribution < -0.4 is 0 Å². The molecule has 9 heterocycles. The lowest BCUT2D eigenvalue weighted by molar-refractivity contribution is 1.32. The highest BCUT2D eigenvalue weighted by Gasteiger charge is 2.19. The van der Waals surface area contributed by atoms with Crippen molar-refractivity contribution in [1.82, 2.24) is 44.9 Å². The van der Waals surface area contributed by atoms with Gasteiger partial charge in [-0.2, -0.15) is 0 Å². The predicted molar refractivity (Wildman–Crippen MR) is 498 cm³/mol. The van der Waals surface area contributed by atoms with Gasteiger partial charge in [-0.05, 0) is 280 Å². The third kappa shape index (κ3) is 13.7. The monoisotopic (exact) mass is 1530 g/mol. The Labute approximate surface area is 690 Å². The molecular formula is C111H69N9. The molecule has 0 aliphatic heterocycles. The zero-order chi connectivity index (χ0) is 79.4. The number of pyridine rings is 9. The van der Waals surface area contributed by atoms with Crippen LogP contribution in [0.2, 0.25) is 0 Å². The Hall–Kier alpha value is -16.2. The fourth-order valence-corrected chi connectivity index (χ4v) is 17.0. The van der Waals surface area contributed by atoms with Gasteiger partial charge in [0.15, 0.2) is 0 Å². The topological polar surface area (TPSA) is 116 Å². The minimum absolute atomic E-state index is 0.932. The van der Waals surface area contributed by atoms with Gasteiger partial charge in [0, 0.05) is 103 Å². The molecule has 0 radical (unpaired) electrons. The number of hydrogen-bond acceptors (Lipinski definition) is 9. The van der Waals surface area contributed by atoms with Crippen LogP contribution >= 0.6 is 0 Å². The van der Waals surface area contributed by atoms with Gasteiger partial charge < -0.3 is 0 Å². The van der Waals surface area contributed by atoms with Gasteiger partial charge in [-0.3, -0.25) is 29.9 Å². The smallest absolute Gasteiger partial charge is 0.0715 e. The number of benzene rings is 15. The van der Waals surface area contributed by atoms with Crippen molar-refractivity contribution in [2.75, 3.05) is 0 Å². The van der Waals surface area contributed by atoms with Crippen molar-refractivity contribution < 1.29 is 0 Å². The molecule has 9 heteroatoms. The zero-order valence-corrected chi connectivity index (χ0v) is 64.9. The van der Waals surface area contributed by atoms with Crippen LogP contribution in [-0.2, 0) is 0 Å². The summed E-state index contributed by atoms with van der Waals surface area (Å²) in [6, 6.07) is 135. The van der Waals surface area contributed by atoms with Gasteiger partial charge in [0.25, 0.3) is 0 Å². The van der Waals surface area contributed by atoms with Crippen molar-refractivity contribution in [2.24, 2.45) is 0 Å². The molecule has 0 saturated carbocycles. The summed E-state index contributed by atoms with van der Waals surface area (Å²) >= 11 is 0. The lowest BCUT2D eigenvalue weighted by Crippen LogP contribution is -1.93. The van der Waals surface area contributed by atoms with Crippen molar-refractivity contribution in [3.63, 3.8) is 0 Å². The molecular weight excluding hydrogens is 1460 g/mol. The van der Waals surface area contributed by atoms with Crippen molar-refractivity contribution in [2.45, 2.75) is 0 Å². The number of hydrogen-bond donors (Lipinski definition) is 0. The van der Waals surface area contributed by atoms with E-state index in [2.05, 4.69) is 376 Å². The molecule has 0 aliphatic carbocycles. The maximum absolute atomic E-state index is 5.23. The van der Waals surface area contributed by atoms with Crippen LogP contribution in [0.15, 0.2) is 419 Å². The van der Waals surface area contributed by atoms with Crippen LogP contribution in [0.1, 0.15) is 0 Å². The molecule has 9 nitrogen and oxygen atoms in total. The van der Waals surface area contributed by atoms with Gasteiger partial charge in [-0.1, -0.05) is 200 Å². The van der Waals surface area contributed by atoms with E-state index in [1.54, 1.807) is 0 Å². The van der Waals surface area contributed by atoms with Crippen molar-refractivity contribution in [3.05, 3.63) is 419 Å². The highest BCUT2D eigenvalue weighted by Crippen LogP contribution is 2.43. The van der Waals surface area contributed by atoms with E-state index in [4.69, 9.17) is 15.0 Å². The molecule has 0 spiro atoms. The van der Waals surface area contributed by atoms with E-state index in [0.717, 1.165) is 155 Å². The fraction of sp³-hybridized carbons (Fsp3) is 0. The van der Waals surface area contributed by atoms with Gasteiger partial charge in [0.1, 0.15) is 0 Å². The average molecular weight is 1530 g/mol. The second-order valence-corrected chi connectivity index (χ2v) is 30.5. The van der Waals surface area contributed by atoms with E-state index in [-0.39, 0.29) is 0 Å². The third-order valence-corrected chi connectivity index (χ3v) is 23.0. The van der Waals surface area contributed by atoms with Crippen LogP contribution in [0.3, 0.4) is 0 Å². The highest BCUT2D eigenvalue weighted by atomic mass is 14.7. The second kappa shape index (κ2) is 30.2. The molecule has 0 atom stereocenters. The van der Waals surface area contributed by atoms with E-state index in [1.807, 2.05) is 73.6 Å². The molecule has 0 bridgehead atoms. The van der Waals surface area contributed by atoms with Crippen molar-refractivity contribution in [3.8, 4) is 101 Å². The second-order valence-electron chi connectivity index (χ2n) is 30.5. The molecule has 558 valence electrons. The van der Waals surface area contributed by atoms with Gasteiger partial charge in [0.05, 0.1) is 67.3 Å². The Morgan fingerprint density at radius 3 is 0.767 bits per heavy atom. The lowest BCUT2D eigenvalue weighted by atomic mass is 9.90. The molecule has 0 saturated heterocycles. The minimum Gasteiger partial charge on any atom is -0.256 e. The maximum Gasteiger partial charge on any atom is 0.0715 e. The first-order valence-corrected chi connectivity index (χ1v) is 40.3. The summed E-state index contributed by atoms with van der Waals surface area (Å²) in [5.41, 5.74) is 24.9. The van der Waals surface area contributed by atoms with E-state index >= 15 is 0 Å². The Bertz CT molecular complexity index is 7840. The van der Waals surface area contributed by atoms with E-state index in [0.29, 0.717) is 0 Å². The van der Waals surface area contributed by atoms with Crippen LogP contribution in [0, 0.1) is 0 Å². The molecule has 0 aliphatic rings. The van der Waals surface area contributed by atoms with Gasteiger partial charge >= 0.3 is 0 Å². The van der Waals surface area contributed by atoms with Crippen LogP contribution in [0.25, 0.3) is 231 Å².